The van der Waals surface area contributed by atoms with Crippen LogP contribution in [-0.2, 0) is 7.05 Å². The van der Waals surface area contributed by atoms with Gasteiger partial charge in [-0.1, -0.05) is 11.6 Å². The molecule has 0 atom stereocenters. The van der Waals surface area contributed by atoms with E-state index in [9.17, 15) is 9.59 Å². The van der Waals surface area contributed by atoms with Gasteiger partial charge in [0.05, 0.1) is 21.8 Å². The van der Waals surface area contributed by atoms with Crippen molar-refractivity contribution >= 4 is 28.8 Å². The van der Waals surface area contributed by atoms with Gasteiger partial charge in [-0.05, 0) is 32.8 Å². The average Bonchev–Trinajstić information content (AvgIpc) is 3.29. The first-order valence-corrected chi connectivity index (χ1v) is 10.6. The standard InChI is InChI=1S/C19H21ClN6O2S/c1-10-8-13(24-25(10)3)19(28)26-6-4-12(5-7-26)15-14(20)18(27)23-17(22-15)16-11(2)21-9-29-16/h8-9,12H,4-7H2,1-3H3,(H,22,23,27). The summed E-state index contributed by atoms with van der Waals surface area (Å²) in [6.45, 7) is 4.93. The predicted octanol–water partition coefficient (Wildman–Crippen LogP) is 2.92. The first kappa shape index (κ1) is 19.8. The van der Waals surface area contributed by atoms with Crippen molar-refractivity contribution in [3.05, 3.63) is 49.7 Å². The Morgan fingerprint density at radius 2 is 2.03 bits per heavy atom. The van der Waals surface area contributed by atoms with Crippen LogP contribution in [0.1, 0.15) is 46.3 Å². The lowest BCUT2D eigenvalue weighted by Crippen LogP contribution is -2.38. The lowest BCUT2D eigenvalue weighted by atomic mass is 9.93. The number of piperidine rings is 1. The molecule has 0 radical (unpaired) electrons. The lowest BCUT2D eigenvalue weighted by molar-refractivity contribution is 0.0705. The summed E-state index contributed by atoms with van der Waals surface area (Å²) in [4.78, 5) is 39.4. The minimum absolute atomic E-state index is 0.0197. The largest absolute Gasteiger partial charge is 0.337 e. The Balaban J connectivity index is 1.54. The fraction of sp³-hybridized carbons (Fsp3) is 0.421. The van der Waals surface area contributed by atoms with Crippen molar-refractivity contribution in [1.29, 1.82) is 0 Å². The maximum atomic E-state index is 12.7. The highest BCUT2D eigenvalue weighted by atomic mass is 35.5. The Hall–Kier alpha value is -2.52. The van der Waals surface area contributed by atoms with E-state index in [1.54, 1.807) is 21.2 Å². The Bertz CT molecular complexity index is 1110. The Morgan fingerprint density at radius 3 is 2.62 bits per heavy atom. The van der Waals surface area contributed by atoms with E-state index in [4.69, 9.17) is 11.6 Å². The molecular weight excluding hydrogens is 412 g/mol. The zero-order chi connectivity index (χ0) is 20.7. The first-order chi connectivity index (χ1) is 13.8. The van der Waals surface area contributed by atoms with Crippen molar-refractivity contribution in [3.63, 3.8) is 0 Å². The number of nitrogens with one attached hydrogen (secondary N) is 1. The van der Waals surface area contributed by atoms with Gasteiger partial charge in [0.25, 0.3) is 11.5 Å². The number of aryl methyl sites for hydroxylation is 3. The number of hydrogen-bond acceptors (Lipinski definition) is 6. The van der Waals surface area contributed by atoms with Crippen LogP contribution in [0.3, 0.4) is 0 Å². The number of rotatable bonds is 3. The van der Waals surface area contributed by atoms with E-state index >= 15 is 0 Å². The molecule has 0 bridgehead atoms. The van der Waals surface area contributed by atoms with Crippen molar-refractivity contribution < 1.29 is 4.79 Å². The Kier molecular flexibility index (Phi) is 5.26. The molecule has 29 heavy (non-hydrogen) atoms. The summed E-state index contributed by atoms with van der Waals surface area (Å²) in [5, 5.41) is 4.40. The second-order valence-electron chi connectivity index (χ2n) is 7.24. The molecule has 1 aliphatic rings. The third-order valence-electron chi connectivity index (χ3n) is 5.35. The van der Waals surface area contributed by atoms with Crippen LogP contribution in [-0.4, -0.2) is 48.6 Å². The first-order valence-electron chi connectivity index (χ1n) is 9.35. The van der Waals surface area contributed by atoms with Crippen molar-refractivity contribution in [3.8, 4) is 10.7 Å². The molecule has 10 heteroatoms. The second kappa shape index (κ2) is 7.72. The molecule has 1 saturated heterocycles. The smallest absolute Gasteiger partial charge is 0.274 e. The van der Waals surface area contributed by atoms with Gasteiger partial charge in [-0.3, -0.25) is 14.3 Å². The summed E-state index contributed by atoms with van der Waals surface area (Å²) in [7, 11) is 1.82. The normalized spacial score (nSPS) is 15.1. The van der Waals surface area contributed by atoms with E-state index in [1.807, 2.05) is 20.9 Å². The second-order valence-corrected chi connectivity index (χ2v) is 8.47. The summed E-state index contributed by atoms with van der Waals surface area (Å²) in [5.74, 6) is 0.446. The summed E-state index contributed by atoms with van der Waals surface area (Å²) in [5.41, 5.74) is 4.19. The lowest BCUT2D eigenvalue weighted by Gasteiger charge is -2.31. The summed E-state index contributed by atoms with van der Waals surface area (Å²) in [6, 6.07) is 1.80. The SMILES string of the molecule is Cc1ncsc1-c1nc(C2CCN(C(=O)c3cc(C)n(C)n3)CC2)c(Cl)c(=O)[nH]1. The molecule has 1 aliphatic heterocycles. The van der Waals surface area contributed by atoms with E-state index in [0.29, 0.717) is 43.1 Å². The summed E-state index contributed by atoms with van der Waals surface area (Å²) in [6.07, 6.45) is 1.38. The summed E-state index contributed by atoms with van der Waals surface area (Å²) < 4.78 is 1.70. The quantitative estimate of drug-likeness (QED) is 0.686. The van der Waals surface area contributed by atoms with E-state index in [0.717, 1.165) is 16.3 Å². The third kappa shape index (κ3) is 3.72. The van der Waals surface area contributed by atoms with Gasteiger partial charge < -0.3 is 9.88 Å². The van der Waals surface area contributed by atoms with E-state index < -0.39 is 0 Å². The maximum Gasteiger partial charge on any atom is 0.274 e. The predicted molar refractivity (Wildman–Crippen MR) is 112 cm³/mol. The van der Waals surface area contributed by atoms with Crippen LogP contribution < -0.4 is 5.56 Å². The summed E-state index contributed by atoms with van der Waals surface area (Å²) >= 11 is 7.73. The number of aromatic amines is 1. The number of thiazole rings is 1. The molecule has 1 amide bonds. The van der Waals surface area contributed by atoms with E-state index in [-0.39, 0.29) is 22.4 Å². The molecule has 152 valence electrons. The molecule has 0 aromatic carbocycles. The molecule has 0 spiro atoms. The maximum absolute atomic E-state index is 12.7. The molecule has 4 heterocycles. The van der Waals surface area contributed by atoms with Gasteiger partial charge in [-0.15, -0.1) is 11.3 Å². The van der Waals surface area contributed by atoms with Gasteiger partial charge in [-0.2, -0.15) is 5.10 Å². The van der Waals surface area contributed by atoms with Crippen LogP contribution in [0.15, 0.2) is 16.4 Å². The van der Waals surface area contributed by atoms with E-state index in [2.05, 4.69) is 20.1 Å². The monoisotopic (exact) mass is 432 g/mol. The van der Waals surface area contributed by atoms with Gasteiger partial charge in [-0.25, -0.2) is 9.97 Å². The number of likely N-dealkylation sites (tertiary alicyclic amines) is 1. The molecule has 4 rings (SSSR count). The molecule has 8 nitrogen and oxygen atoms in total. The highest BCUT2D eigenvalue weighted by Crippen LogP contribution is 2.32. The third-order valence-corrected chi connectivity index (χ3v) is 6.65. The van der Waals surface area contributed by atoms with Crippen LogP contribution >= 0.6 is 22.9 Å². The number of carbonyl (C=O) groups is 1. The highest BCUT2D eigenvalue weighted by Gasteiger charge is 2.29. The molecule has 0 unspecified atom stereocenters. The van der Waals surface area contributed by atoms with Gasteiger partial charge >= 0.3 is 0 Å². The average molecular weight is 433 g/mol. The van der Waals surface area contributed by atoms with Crippen molar-refractivity contribution in [1.82, 2.24) is 29.6 Å². The minimum Gasteiger partial charge on any atom is -0.337 e. The zero-order valence-corrected chi connectivity index (χ0v) is 18.0. The molecule has 3 aromatic rings. The fourth-order valence-electron chi connectivity index (χ4n) is 3.57. The van der Waals surface area contributed by atoms with Gasteiger partial charge in [0.1, 0.15) is 5.02 Å². The molecular formula is C19H21ClN6O2S. The van der Waals surface area contributed by atoms with Crippen LogP contribution in [0, 0.1) is 13.8 Å². The molecule has 3 aromatic heterocycles. The van der Waals surface area contributed by atoms with Crippen LogP contribution in [0.5, 0.6) is 0 Å². The number of amides is 1. The molecule has 0 aliphatic carbocycles. The molecule has 0 saturated carbocycles. The van der Waals surface area contributed by atoms with Crippen LogP contribution in [0.2, 0.25) is 5.02 Å². The number of carbonyl (C=O) groups excluding carboxylic acids is 1. The van der Waals surface area contributed by atoms with Gasteiger partial charge in [0, 0.05) is 31.7 Å². The minimum atomic E-state index is -0.345. The number of H-pyrrole nitrogens is 1. The number of hydrogen-bond donors (Lipinski definition) is 1. The highest BCUT2D eigenvalue weighted by molar-refractivity contribution is 7.13. The number of aromatic nitrogens is 5. The fourth-order valence-corrected chi connectivity index (χ4v) is 4.56. The Labute approximate surface area is 176 Å². The Morgan fingerprint density at radius 1 is 1.31 bits per heavy atom. The van der Waals surface area contributed by atoms with Crippen molar-refractivity contribution in [2.75, 3.05) is 13.1 Å². The van der Waals surface area contributed by atoms with Crippen LogP contribution in [0.25, 0.3) is 10.7 Å². The molecule has 1 fully saturated rings. The van der Waals surface area contributed by atoms with Gasteiger partial charge in [0.15, 0.2) is 11.5 Å². The van der Waals surface area contributed by atoms with Crippen molar-refractivity contribution in [2.24, 2.45) is 7.05 Å². The topological polar surface area (TPSA) is 96.8 Å². The number of nitrogens with zero attached hydrogens (tertiary/aromatic N) is 5. The van der Waals surface area contributed by atoms with Gasteiger partial charge in [0.2, 0.25) is 0 Å². The number of halogens is 1. The van der Waals surface area contributed by atoms with E-state index in [1.165, 1.54) is 11.3 Å². The zero-order valence-electron chi connectivity index (χ0n) is 16.4. The van der Waals surface area contributed by atoms with Crippen LogP contribution in [0.4, 0.5) is 0 Å². The van der Waals surface area contributed by atoms with Crippen molar-refractivity contribution in [2.45, 2.75) is 32.6 Å². The molecule has 1 N–H and O–H groups in total.